The second kappa shape index (κ2) is 6.07. The fourth-order valence-electron chi connectivity index (χ4n) is 2.63. The number of benzene rings is 2. The van der Waals surface area contributed by atoms with E-state index in [0.29, 0.717) is 10.6 Å². The Kier molecular flexibility index (Phi) is 3.90. The number of carbonyl (C=O) groups excluding carboxylic acids is 1. The molecule has 0 saturated carbocycles. The van der Waals surface area contributed by atoms with Crippen LogP contribution in [0.1, 0.15) is 20.8 Å². The van der Waals surface area contributed by atoms with Crippen LogP contribution in [-0.4, -0.2) is 5.97 Å². The molecule has 0 unspecified atom stereocenters. The molecule has 2 nitrogen and oxygen atoms in total. The Bertz CT molecular complexity index is 929. The third kappa shape index (κ3) is 2.85. The number of esters is 1. The highest BCUT2D eigenvalue weighted by molar-refractivity contribution is 7.98. The number of hydrogen-bond acceptors (Lipinski definition) is 4. The fraction of sp³-hybridized carbons (Fsp3) is 0.105. The van der Waals surface area contributed by atoms with Gasteiger partial charge in [-0.1, -0.05) is 11.6 Å². The van der Waals surface area contributed by atoms with Crippen molar-refractivity contribution in [3.8, 4) is 16.2 Å². The van der Waals surface area contributed by atoms with Crippen LogP contribution < -0.4 is 4.74 Å². The molecule has 0 atom stereocenters. The van der Waals surface area contributed by atoms with Crippen molar-refractivity contribution in [1.82, 2.24) is 0 Å². The highest BCUT2D eigenvalue weighted by Crippen LogP contribution is 2.46. The molecule has 1 aliphatic heterocycles. The predicted molar refractivity (Wildman–Crippen MR) is 95.4 cm³/mol. The maximum atomic E-state index is 12.9. The number of thioether (sulfide) groups is 1. The van der Waals surface area contributed by atoms with Gasteiger partial charge in [0, 0.05) is 21.1 Å². The molecule has 1 aromatic heterocycles. The van der Waals surface area contributed by atoms with Gasteiger partial charge in [-0.05, 0) is 55.0 Å². The normalized spacial score (nSPS) is 12.4. The van der Waals surface area contributed by atoms with Gasteiger partial charge in [0.1, 0.15) is 16.4 Å². The summed E-state index contributed by atoms with van der Waals surface area (Å²) in [6.45, 7) is 2.07. The van der Waals surface area contributed by atoms with Crippen LogP contribution in [0, 0.1) is 12.7 Å². The number of fused-ring (bicyclic) bond motifs is 3. The molecule has 24 heavy (non-hydrogen) atoms. The van der Waals surface area contributed by atoms with Gasteiger partial charge in [-0.3, -0.25) is 0 Å². The highest BCUT2D eigenvalue weighted by Gasteiger charge is 2.23. The van der Waals surface area contributed by atoms with Crippen molar-refractivity contribution in [2.75, 3.05) is 0 Å². The Labute approximate surface area is 147 Å². The van der Waals surface area contributed by atoms with E-state index < -0.39 is 5.97 Å². The van der Waals surface area contributed by atoms with Crippen LogP contribution in [0.15, 0.2) is 53.4 Å². The van der Waals surface area contributed by atoms with Crippen LogP contribution in [-0.2, 0) is 5.75 Å². The summed E-state index contributed by atoms with van der Waals surface area (Å²) in [5.41, 5.74) is 3.55. The number of rotatable bonds is 2. The molecule has 0 amide bonds. The van der Waals surface area contributed by atoms with Crippen LogP contribution in [0.5, 0.6) is 5.75 Å². The summed E-state index contributed by atoms with van der Waals surface area (Å²) in [5, 5.41) is 0. The van der Waals surface area contributed by atoms with Gasteiger partial charge in [-0.15, -0.1) is 23.1 Å². The average molecular weight is 356 g/mol. The van der Waals surface area contributed by atoms with E-state index in [9.17, 15) is 9.18 Å². The van der Waals surface area contributed by atoms with E-state index in [1.807, 2.05) is 6.07 Å². The summed E-state index contributed by atoms with van der Waals surface area (Å²) >= 11 is 3.24. The van der Waals surface area contributed by atoms with Crippen molar-refractivity contribution in [2.24, 2.45) is 0 Å². The van der Waals surface area contributed by atoms with Crippen molar-refractivity contribution in [3.05, 3.63) is 70.4 Å². The number of thiophene rings is 1. The van der Waals surface area contributed by atoms with Crippen LogP contribution >= 0.6 is 23.1 Å². The zero-order valence-electron chi connectivity index (χ0n) is 12.8. The Morgan fingerprint density at radius 3 is 2.71 bits per heavy atom. The molecule has 0 fully saturated rings. The predicted octanol–water partition coefficient (Wildman–Crippen LogP) is 5.69. The highest BCUT2D eigenvalue weighted by atomic mass is 32.2. The third-order valence-corrected chi connectivity index (χ3v) is 6.11. The molecular formula is C19H13FO2S2. The first-order valence-electron chi connectivity index (χ1n) is 7.44. The van der Waals surface area contributed by atoms with Crippen LogP contribution in [0.2, 0.25) is 0 Å². The number of halogens is 1. The quantitative estimate of drug-likeness (QED) is 0.436. The lowest BCUT2D eigenvalue weighted by Crippen LogP contribution is -2.06. The Balaban J connectivity index is 1.65. The molecule has 2 aromatic carbocycles. The van der Waals surface area contributed by atoms with Gasteiger partial charge in [0.15, 0.2) is 0 Å². The minimum absolute atomic E-state index is 0.346. The van der Waals surface area contributed by atoms with Gasteiger partial charge < -0.3 is 4.74 Å². The molecule has 0 aliphatic carbocycles. The molecule has 4 rings (SSSR count). The Morgan fingerprint density at radius 1 is 1.12 bits per heavy atom. The molecule has 120 valence electrons. The van der Waals surface area contributed by atoms with Crippen molar-refractivity contribution < 1.29 is 13.9 Å². The lowest BCUT2D eigenvalue weighted by atomic mass is 10.1. The molecule has 0 radical (unpaired) electrons. The van der Waals surface area contributed by atoms with Gasteiger partial charge in [0.2, 0.25) is 0 Å². The lowest BCUT2D eigenvalue weighted by Gasteiger charge is -2.15. The molecular weight excluding hydrogens is 343 g/mol. The standard InChI is InChI=1S/C19H13FO2S2/c1-11-2-7-16-15(8-11)18-12(10-23-16)9-17(24-18)19(21)22-14-5-3-13(20)4-6-14/h2-9H,10H2,1H3. The SMILES string of the molecule is Cc1ccc2c(c1)-c1sc(C(=O)Oc3ccc(F)cc3)cc1CS2. The monoisotopic (exact) mass is 356 g/mol. The van der Waals surface area contributed by atoms with Crippen molar-refractivity contribution >= 4 is 29.1 Å². The molecule has 1 aliphatic rings. The van der Waals surface area contributed by atoms with E-state index >= 15 is 0 Å². The van der Waals surface area contributed by atoms with E-state index in [1.54, 1.807) is 11.8 Å². The Hall–Kier alpha value is -2.11. The van der Waals surface area contributed by atoms with E-state index in [1.165, 1.54) is 51.6 Å². The first-order valence-corrected chi connectivity index (χ1v) is 9.24. The van der Waals surface area contributed by atoms with E-state index in [-0.39, 0.29) is 5.82 Å². The molecule has 2 heterocycles. The summed E-state index contributed by atoms with van der Waals surface area (Å²) < 4.78 is 18.3. The van der Waals surface area contributed by atoms with Crippen molar-refractivity contribution in [2.45, 2.75) is 17.6 Å². The fourth-order valence-corrected chi connectivity index (χ4v) is 4.89. The Morgan fingerprint density at radius 2 is 1.92 bits per heavy atom. The summed E-state index contributed by atoms with van der Waals surface area (Å²) in [4.78, 5) is 15.3. The summed E-state index contributed by atoms with van der Waals surface area (Å²) in [5.74, 6) is 0.440. The smallest absolute Gasteiger partial charge is 0.353 e. The van der Waals surface area contributed by atoms with Gasteiger partial charge in [0.05, 0.1) is 0 Å². The zero-order valence-corrected chi connectivity index (χ0v) is 14.5. The number of ether oxygens (including phenoxy) is 1. The average Bonchev–Trinajstić information content (AvgIpc) is 3.02. The van der Waals surface area contributed by atoms with Gasteiger partial charge in [0.25, 0.3) is 0 Å². The number of carbonyl (C=O) groups is 1. The van der Waals surface area contributed by atoms with Gasteiger partial charge in [-0.25, -0.2) is 9.18 Å². The van der Waals surface area contributed by atoms with Crippen LogP contribution in [0.25, 0.3) is 10.4 Å². The van der Waals surface area contributed by atoms with Crippen LogP contribution in [0.3, 0.4) is 0 Å². The topological polar surface area (TPSA) is 26.3 Å². The molecule has 0 saturated heterocycles. The molecule has 0 bridgehead atoms. The van der Waals surface area contributed by atoms with Crippen LogP contribution in [0.4, 0.5) is 4.39 Å². The summed E-state index contributed by atoms with van der Waals surface area (Å²) in [7, 11) is 0. The zero-order chi connectivity index (χ0) is 16.7. The van der Waals surface area contributed by atoms with Crippen molar-refractivity contribution in [3.63, 3.8) is 0 Å². The summed E-state index contributed by atoms with van der Waals surface area (Å²) in [6.07, 6.45) is 0. The maximum absolute atomic E-state index is 12.9. The first-order chi connectivity index (χ1) is 11.6. The minimum atomic E-state index is -0.403. The maximum Gasteiger partial charge on any atom is 0.353 e. The van der Waals surface area contributed by atoms with Crippen molar-refractivity contribution in [1.29, 1.82) is 0 Å². The second-order valence-electron chi connectivity index (χ2n) is 5.60. The van der Waals surface area contributed by atoms with E-state index in [4.69, 9.17) is 4.74 Å². The lowest BCUT2D eigenvalue weighted by molar-refractivity contribution is 0.0739. The van der Waals surface area contributed by atoms with E-state index in [2.05, 4.69) is 25.1 Å². The van der Waals surface area contributed by atoms with Gasteiger partial charge >= 0.3 is 5.97 Å². The number of hydrogen-bond donors (Lipinski definition) is 0. The second-order valence-corrected chi connectivity index (χ2v) is 7.67. The van der Waals surface area contributed by atoms with E-state index in [0.717, 1.165) is 16.2 Å². The molecule has 0 N–H and O–H groups in total. The minimum Gasteiger partial charge on any atom is -0.422 e. The first kappa shape index (κ1) is 15.4. The molecule has 5 heteroatoms. The summed E-state index contributed by atoms with van der Waals surface area (Å²) in [6, 6.07) is 13.8. The third-order valence-electron chi connectivity index (χ3n) is 3.80. The number of aryl methyl sites for hydroxylation is 1. The molecule has 3 aromatic rings. The molecule has 0 spiro atoms. The van der Waals surface area contributed by atoms with Gasteiger partial charge in [-0.2, -0.15) is 0 Å². The largest absolute Gasteiger partial charge is 0.422 e.